The second-order valence-corrected chi connectivity index (χ2v) is 3.72. The highest BCUT2D eigenvalue weighted by Gasteiger charge is 2.05. The molecule has 9 heteroatoms. The molecule has 0 bridgehead atoms. The molecule has 0 radical (unpaired) electrons. The lowest BCUT2D eigenvalue weighted by atomic mass is 10.5. The highest BCUT2D eigenvalue weighted by molar-refractivity contribution is 6.28. The number of nitrogens with one attached hydrogen (secondary N) is 2. The summed E-state index contributed by atoms with van der Waals surface area (Å²) in [6.07, 6.45) is 2.22. The van der Waals surface area contributed by atoms with E-state index < -0.39 is 0 Å². The van der Waals surface area contributed by atoms with E-state index in [0.29, 0.717) is 24.3 Å². The molecular weight excluding hydrogens is 258 g/mol. The fourth-order valence-corrected chi connectivity index (χ4v) is 1.33. The minimum Gasteiger partial charge on any atom is -0.354 e. The zero-order chi connectivity index (χ0) is 12.8. The van der Waals surface area contributed by atoms with E-state index in [2.05, 4.69) is 40.2 Å². The van der Waals surface area contributed by atoms with Gasteiger partial charge in [0.25, 0.3) is 0 Å². The van der Waals surface area contributed by atoms with Gasteiger partial charge in [0.05, 0.1) is 6.54 Å². The van der Waals surface area contributed by atoms with Crippen molar-refractivity contribution in [3.8, 4) is 0 Å². The Kier molecular flexibility index (Phi) is 4.24. The van der Waals surface area contributed by atoms with Crippen LogP contribution in [0.1, 0.15) is 19.2 Å². The Morgan fingerprint density at radius 1 is 1.22 bits per heavy atom. The second kappa shape index (κ2) is 6.10. The van der Waals surface area contributed by atoms with Crippen LogP contribution in [-0.2, 0) is 6.54 Å². The molecule has 0 unspecified atom stereocenters. The average Bonchev–Trinajstić information content (AvgIpc) is 2.86. The summed E-state index contributed by atoms with van der Waals surface area (Å²) in [6, 6.07) is 0. The van der Waals surface area contributed by atoms with Crippen molar-refractivity contribution in [3.05, 3.63) is 17.5 Å². The topological polar surface area (TPSA) is 102 Å². The van der Waals surface area contributed by atoms with Crippen LogP contribution in [0.15, 0.2) is 10.9 Å². The Hall–Kier alpha value is -1.96. The van der Waals surface area contributed by atoms with E-state index in [1.165, 1.54) is 6.39 Å². The van der Waals surface area contributed by atoms with Crippen LogP contribution in [0.2, 0.25) is 5.28 Å². The third-order valence-electron chi connectivity index (χ3n) is 1.95. The maximum Gasteiger partial charge on any atom is 0.229 e. The van der Waals surface area contributed by atoms with Gasteiger partial charge in [-0.05, 0) is 18.0 Å². The fraction of sp³-hybridized carbons (Fsp3) is 0.444. The maximum absolute atomic E-state index is 5.80. The lowest BCUT2D eigenvalue weighted by Gasteiger charge is -2.06. The largest absolute Gasteiger partial charge is 0.354 e. The lowest BCUT2D eigenvalue weighted by Crippen LogP contribution is -2.10. The highest BCUT2D eigenvalue weighted by atomic mass is 35.5. The molecule has 0 aliphatic carbocycles. The highest BCUT2D eigenvalue weighted by Crippen LogP contribution is 2.10. The summed E-state index contributed by atoms with van der Waals surface area (Å²) in [5.41, 5.74) is 0. The summed E-state index contributed by atoms with van der Waals surface area (Å²) in [6.45, 7) is 3.17. The van der Waals surface area contributed by atoms with Crippen molar-refractivity contribution in [2.45, 2.75) is 19.9 Å². The second-order valence-electron chi connectivity index (χ2n) is 3.38. The summed E-state index contributed by atoms with van der Waals surface area (Å²) < 4.78 is 4.61. The van der Waals surface area contributed by atoms with Crippen LogP contribution in [-0.4, -0.2) is 31.6 Å². The molecule has 0 atom stereocenters. The molecule has 0 fully saturated rings. The number of rotatable bonds is 6. The molecule has 2 aromatic rings. The van der Waals surface area contributed by atoms with E-state index in [-0.39, 0.29) is 5.28 Å². The van der Waals surface area contributed by atoms with Gasteiger partial charge in [0, 0.05) is 6.54 Å². The Labute approximate surface area is 108 Å². The fourth-order valence-electron chi connectivity index (χ4n) is 1.17. The Morgan fingerprint density at radius 2 is 2.00 bits per heavy atom. The third kappa shape index (κ3) is 3.52. The average molecular weight is 270 g/mol. The van der Waals surface area contributed by atoms with Crippen molar-refractivity contribution in [2.75, 3.05) is 17.2 Å². The third-order valence-corrected chi connectivity index (χ3v) is 2.12. The molecule has 0 saturated carbocycles. The van der Waals surface area contributed by atoms with Crippen molar-refractivity contribution in [3.63, 3.8) is 0 Å². The van der Waals surface area contributed by atoms with E-state index in [4.69, 9.17) is 11.6 Å². The number of hydrogen-bond donors (Lipinski definition) is 2. The van der Waals surface area contributed by atoms with Crippen molar-refractivity contribution in [1.29, 1.82) is 0 Å². The molecule has 0 aromatic carbocycles. The van der Waals surface area contributed by atoms with Gasteiger partial charge in [0.1, 0.15) is 0 Å². The van der Waals surface area contributed by atoms with Crippen molar-refractivity contribution in [2.24, 2.45) is 0 Å². The predicted octanol–water partition coefficient (Wildman–Crippen LogP) is 1.34. The Bertz CT molecular complexity index is 490. The standard InChI is InChI=1S/C9H12ClN7O/c1-2-3-11-8-14-7(10)15-9(16-8)12-4-6-13-5-18-17-6/h5H,2-4H2,1H3,(H2,11,12,14,15,16). The molecule has 18 heavy (non-hydrogen) atoms. The quantitative estimate of drug-likeness (QED) is 0.810. The zero-order valence-corrected chi connectivity index (χ0v) is 10.5. The lowest BCUT2D eigenvalue weighted by molar-refractivity contribution is 0.411. The predicted molar refractivity (Wildman–Crippen MR) is 65.2 cm³/mol. The number of anilines is 2. The van der Waals surface area contributed by atoms with Crippen molar-refractivity contribution >= 4 is 23.5 Å². The van der Waals surface area contributed by atoms with Crippen molar-refractivity contribution in [1.82, 2.24) is 25.1 Å². The minimum atomic E-state index is 0.124. The molecule has 0 aliphatic rings. The van der Waals surface area contributed by atoms with Gasteiger partial charge in [0.15, 0.2) is 5.82 Å². The Morgan fingerprint density at radius 3 is 2.67 bits per heavy atom. The SMILES string of the molecule is CCCNc1nc(Cl)nc(NCc2ncon2)n1. The van der Waals surface area contributed by atoms with Crippen molar-refractivity contribution < 1.29 is 4.52 Å². The summed E-state index contributed by atoms with van der Waals surface area (Å²) in [5, 5.41) is 9.75. The summed E-state index contributed by atoms with van der Waals surface area (Å²) in [4.78, 5) is 15.9. The first kappa shape index (κ1) is 12.5. The zero-order valence-electron chi connectivity index (χ0n) is 9.72. The van der Waals surface area contributed by atoms with Crippen LogP contribution in [0, 0.1) is 0 Å². The minimum absolute atomic E-state index is 0.124. The van der Waals surface area contributed by atoms with Crippen LogP contribution in [0.4, 0.5) is 11.9 Å². The van der Waals surface area contributed by atoms with Crippen LogP contribution < -0.4 is 10.6 Å². The van der Waals surface area contributed by atoms with E-state index in [9.17, 15) is 0 Å². The van der Waals surface area contributed by atoms with Gasteiger partial charge in [0.2, 0.25) is 23.6 Å². The van der Waals surface area contributed by atoms with Gasteiger partial charge >= 0.3 is 0 Å². The van der Waals surface area contributed by atoms with Gasteiger partial charge in [-0.25, -0.2) is 0 Å². The molecule has 0 saturated heterocycles. The molecule has 0 amide bonds. The molecule has 8 nitrogen and oxygen atoms in total. The molecule has 2 aromatic heterocycles. The maximum atomic E-state index is 5.80. The number of aromatic nitrogens is 5. The number of halogens is 1. The molecule has 96 valence electrons. The normalized spacial score (nSPS) is 10.3. The van der Waals surface area contributed by atoms with Crippen LogP contribution in [0.3, 0.4) is 0 Å². The van der Waals surface area contributed by atoms with Crippen LogP contribution in [0.5, 0.6) is 0 Å². The summed E-state index contributed by atoms with van der Waals surface area (Å²) in [7, 11) is 0. The molecule has 0 spiro atoms. The monoisotopic (exact) mass is 269 g/mol. The summed E-state index contributed by atoms with van der Waals surface area (Å²) >= 11 is 5.80. The van der Waals surface area contributed by atoms with E-state index in [0.717, 1.165) is 13.0 Å². The Balaban J connectivity index is 2.00. The van der Waals surface area contributed by atoms with Gasteiger partial charge in [-0.3, -0.25) is 0 Å². The number of nitrogens with zero attached hydrogens (tertiary/aromatic N) is 5. The first-order chi connectivity index (χ1) is 8.78. The van der Waals surface area contributed by atoms with Crippen LogP contribution >= 0.6 is 11.6 Å². The molecular formula is C9H12ClN7O. The van der Waals surface area contributed by atoms with Gasteiger partial charge in [-0.2, -0.15) is 19.9 Å². The van der Waals surface area contributed by atoms with Crippen LogP contribution in [0.25, 0.3) is 0 Å². The molecule has 0 aliphatic heterocycles. The van der Waals surface area contributed by atoms with Gasteiger partial charge in [-0.1, -0.05) is 12.1 Å². The van der Waals surface area contributed by atoms with E-state index in [1.54, 1.807) is 0 Å². The summed E-state index contributed by atoms with van der Waals surface area (Å²) in [5.74, 6) is 1.31. The van der Waals surface area contributed by atoms with E-state index in [1.807, 2.05) is 6.92 Å². The first-order valence-electron chi connectivity index (χ1n) is 5.42. The molecule has 2 N–H and O–H groups in total. The number of hydrogen-bond acceptors (Lipinski definition) is 8. The van der Waals surface area contributed by atoms with Gasteiger partial charge in [-0.15, -0.1) is 0 Å². The molecule has 2 heterocycles. The van der Waals surface area contributed by atoms with E-state index >= 15 is 0 Å². The first-order valence-corrected chi connectivity index (χ1v) is 5.80. The molecule has 2 rings (SSSR count). The smallest absolute Gasteiger partial charge is 0.229 e. The van der Waals surface area contributed by atoms with Gasteiger partial charge < -0.3 is 15.2 Å².